The zero-order valence-electron chi connectivity index (χ0n) is 24.5. The number of H-pyrrole nitrogens is 1. The van der Waals surface area contributed by atoms with Gasteiger partial charge in [-0.05, 0) is 77.6 Å². The molecule has 0 bridgehead atoms. The molecule has 0 saturated heterocycles. The standard InChI is InChI=1S/C33H38N8O/c1-33(2,3)26-17-19-27(20-18-26)40(21-24-13-15-25(16-14-24)30(42)35-31-36-38-39-37-31)32-34-28-11-7-8-12-29(28)41(32)22-23-9-5-4-6-10-23/h4-16,26-27H,17-22H2,1-3H3,(H2,35,36,37,38,39,42). The second-order valence-corrected chi connectivity index (χ2v) is 12.4. The van der Waals surface area contributed by atoms with Crippen LogP contribution in [0.25, 0.3) is 11.0 Å². The normalized spacial score (nSPS) is 17.3. The van der Waals surface area contributed by atoms with Gasteiger partial charge in [0.2, 0.25) is 5.95 Å². The number of carbonyl (C=O) groups excluding carboxylic acids is 1. The van der Waals surface area contributed by atoms with Crippen LogP contribution in [0.1, 0.15) is 67.9 Å². The van der Waals surface area contributed by atoms with E-state index in [0.29, 0.717) is 23.6 Å². The summed E-state index contributed by atoms with van der Waals surface area (Å²) in [7, 11) is 0. The van der Waals surface area contributed by atoms with Crippen molar-refractivity contribution in [2.45, 2.75) is 65.6 Å². The first kappa shape index (κ1) is 27.6. The first-order valence-corrected chi connectivity index (χ1v) is 14.7. The molecule has 216 valence electrons. The van der Waals surface area contributed by atoms with E-state index in [1.165, 1.54) is 18.4 Å². The van der Waals surface area contributed by atoms with Gasteiger partial charge in [0.05, 0.1) is 17.6 Å². The Labute approximate surface area is 246 Å². The second kappa shape index (κ2) is 11.8. The van der Waals surface area contributed by atoms with Gasteiger partial charge in [-0.1, -0.05) is 80.5 Å². The van der Waals surface area contributed by atoms with Crippen LogP contribution >= 0.6 is 0 Å². The van der Waals surface area contributed by atoms with Crippen molar-refractivity contribution in [1.82, 2.24) is 30.2 Å². The summed E-state index contributed by atoms with van der Waals surface area (Å²) in [6, 6.07) is 27.2. The van der Waals surface area contributed by atoms with Gasteiger partial charge < -0.3 is 9.47 Å². The number of para-hydroxylation sites is 2. The average molecular weight is 563 g/mol. The molecule has 9 nitrogen and oxygen atoms in total. The Morgan fingerprint density at radius 1 is 0.929 bits per heavy atom. The molecule has 5 aromatic rings. The maximum Gasteiger partial charge on any atom is 0.270 e. The average Bonchev–Trinajstić information content (AvgIpc) is 3.64. The minimum absolute atomic E-state index is 0.151. The maximum atomic E-state index is 12.7. The first-order chi connectivity index (χ1) is 20.3. The highest BCUT2D eigenvalue weighted by Crippen LogP contribution is 2.40. The molecule has 42 heavy (non-hydrogen) atoms. The molecule has 1 fully saturated rings. The minimum Gasteiger partial charge on any atom is -0.335 e. The predicted octanol–water partition coefficient (Wildman–Crippen LogP) is 6.46. The van der Waals surface area contributed by atoms with Crippen molar-refractivity contribution < 1.29 is 4.79 Å². The van der Waals surface area contributed by atoms with Crippen LogP contribution in [0.5, 0.6) is 0 Å². The van der Waals surface area contributed by atoms with E-state index in [2.05, 4.69) is 111 Å². The van der Waals surface area contributed by atoms with Crippen LogP contribution in [0.4, 0.5) is 11.9 Å². The van der Waals surface area contributed by atoms with Crippen molar-refractivity contribution in [3.63, 3.8) is 0 Å². The molecule has 0 unspecified atom stereocenters. The number of tetrazole rings is 1. The Kier molecular flexibility index (Phi) is 7.73. The molecule has 6 rings (SSSR count). The molecule has 1 aliphatic carbocycles. The monoisotopic (exact) mass is 562 g/mol. The van der Waals surface area contributed by atoms with Crippen LogP contribution in [0, 0.1) is 11.3 Å². The van der Waals surface area contributed by atoms with Crippen molar-refractivity contribution in [2.75, 3.05) is 10.2 Å². The van der Waals surface area contributed by atoms with E-state index >= 15 is 0 Å². The van der Waals surface area contributed by atoms with Gasteiger partial charge >= 0.3 is 0 Å². The molecule has 3 aromatic carbocycles. The number of rotatable bonds is 8. The highest BCUT2D eigenvalue weighted by Gasteiger charge is 2.34. The third-order valence-corrected chi connectivity index (χ3v) is 8.58. The van der Waals surface area contributed by atoms with Crippen molar-refractivity contribution in [1.29, 1.82) is 0 Å². The minimum atomic E-state index is -0.273. The molecule has 0 spiro atoms. The van der Waals surface area contributed by atoms with Gasteiger partial charge in [-0.2, -0.15) is 5.21 Å². The summed E-state index contributed by atoms with van der Waals surface area (Å²) in [5.74, 6) is 1.59. The molecular weight excluding hydrogens is 524 g/mol. The number of aromatic amines is 1. The summed E-state index contributed by atoms with van der Waals surface area (Å²) in [6.07, 6.45) is 4.67. The van der Waals surface area contributed by atoms with Crippen LogP contribution in [-0.2, 0) is 13.1 Å². The fourth-order valence-electron chi connectivity index (χ4n) is 6.17. The molecule has 2 heterocycles. The van der Waals surface area contributed by atoms with Crippen LogP contribution in [0.2, 0.25) is 0 Å². The fourth-order valence-corrected chi connectivity index (χ4v) is 6.17. The lowest BCUT2D eigenvalue weighted by Gasteiger charge is -2.41. The Hall–Kier alpha value is -4.53. The lowest BCUT2D eigenvalue weighted by atomic mass is 9.71. The van der Waals surface area contributed by atoms with Crippen LogP contribution < -0.4 is 10.2 Å². The van der Waals surface area contributed by atoms with Gasteiger partial charge in [-0.25, -0.2) is 4.98 Å². The second-order valence-electron chi connectivity index (χ2n) is 12.4. The van der Waals surface area contributed by atoms with Gasteiger partial charge in [-0.3, -0.25) is 10.1 Å². The number of benzene rings is 3. The Balaban J connectivity index is 1.32. The number of aromatic nitrogens is 6. The molecule has 2 N–H and O–H groups in total. The summed E-state index contributed by atoms with van der Waals surface area (Å²) < 4.78 is 2.37. The van der Waals surface area contributed by atoms with E-state index in [0.717, 1.165) is 47.8 Å². The Morgan fingerprint density at radius 3 is 2.33 bits per heavy atom. The predicted molar refractivity (Wildman–Crippen MR) is 165 cm³/mol. The van der Waals surface area contributed by atoms with Crippen LogP contribution in [-0.4, -0.2) is 42.1 Å². The third kappa shape index (κ3) is 6.05. The quantitative estimate of drug-likeness (QED) is 0.225. The smallest absolute Gasteiger partial charge is 0.270 e. The van der Waals surface area contributed by atoms with Crippen LogP contribution in [0.15, 0.2) is 78.9 Å². The molecule has 9 heteroatoms. The summed E-state index contributed by atoms with van der Waals surface area (Å²) >= 11 is 0. The number of carbonyl (C=O) groups is 1. The van der Waals surface area contributed by atoms with Gasteiger partial charge in [0.1, 0.15) is 0 Å². The van der Waals surface area contributed by atoms with Gasteiger partial charge in [0.25, 0.3) is 11.9 Å². The highest BCUT2D eigenvalue weighted by molar-refractivity contribution is 6.03. The SMILES string of the molecule is CC(C)(C)C1CCC(N(Cc2ccc(C(=O)Nc3nn[nH]n3)cc2)c2nc3ccccc3n2Cc2ccccc2)CC1. The highest BCUT2D eigenvalue weighted by atomic mass is 16.1. The number of hydrogen-bond donors (Lipinski definition) is 2. The van der Waals surface area contributed by atoms with E-state index in [9.17, 15) is 4.79 Å². The number of anilines is 2. The molecule has 2 aromatic heterocycles. The largest absolute Gasteiger partial charge is 0.335 e. The Morgan fingerprint density at radius 2 is 1.64 bits per heavy atom. The summed E-state index contributed by atoms with van der Waals surface area (Å²) in [4.78, 5) is 20.4. The van der Waals surface area contributed by atoms with Crippen molar-refractivity contribution in [3.8, 4) is 0 Å². The van der Waals surface area contributed by atoms with E-state index in [4.69, 9.17) is 4.98 Å². The summed E-state index contributed by atoms with van der Waals surface area (Å²) in [5.41, 5.74) is 5.37. The first-order valence-electron chi connectivity index (χ1n) is 14.7. The lowest BCUT2D eigenvalue weighted by molar-refractivity contribution is 0.102. The number of hydrogen-bond acceptors (Lipinski definition) is 6. The van der Waals surface area contributed by atoms with E-state index in [1.54, 1.807) is 0 Å². The number of nitrogens with zero attached hydrogens (tertiary/aromatic N) is 6. The van der Waals surface area contributed by atoms with Crippen molar-refractivity contribution in [3.05, 3.63) is 95.6 Å². The zero-order chi connectivity index (χ0) is 29.1. The lowest BCUT2D eigenvalue weighted by Crippen LogP contribution is -2.41. The zero-order valence-corrected chi connectivity index (χ0v) is 24.5. The maximum absolute atomic E-state index is 12.7. The van der Waals surface area contributed by atoms with Gasteiger partial charge in [0, 0.05) is 18.2 Å². The fraction of sp³-hybridized carbons (Fsp3) is 0.364. The summed E-state index contributed by atoms with van der Waals surface area (Å²) in [5, 5.41) is 16.1. The van der Waals surface area contributed by atoms with Gasteiger partial charge in [-0.15, -0.1) is 5.10 Å². The number of nitrogens with one attached hydrogen (secondary N) is 2. The van der Waals surface area contributed by atoms with Crippen molar-refractivity contribution in [2.24, 2.45) is 11.3 Å². The topological polar surface area (TPSA) is 105 Å². The van der Waals surface area contributed by atoms with E-state index < -0.39 is 0 Å². The van der Waals surface area contributed by atoms with Crippen molar-refractivity contribution >= 4 is 28.8 Å². The number of fused-ring (bicyclic) bond motifs is 1. The number of imidazole rings is 1. The van der Waals surface area contributed by atoms with E-state index in [-0.39, 0.29) is 11.9 Å². The molecule has 1 amide bonds. The van der Waals surface area contributed by atoms with Crippen LogP contribution in [0.3, 0.4) is 0 Å². The molecule has 1 aliphatic rings. The van der Waals surface area contributed by atoms with Gasteiger partial charge in [0.15, 0.2) is 0 Å². The molecule has 0 aliphatic heterocycles. The Bertz CT molecular complexity index is 1610. The molecular formula is C33H38N8O. The van der Waals surface area contributed by atoms with E-state index in [1.807, 2.05) is 24.3 Å². The third-order valence-electron chi connectivity index (χ3n) is 8.58. The molecule has 1 saturated carbocycles. The molecule has 0 atom stereocenters. The summed E-state index contributed by atoms with van der Waals surface area (Å²) in [6.45, 7) is 8.55. The number of amides is 1. The molecule has 0 radical (unpaired) electrons.